The summed E-state index contributed by atoms with van der Waals surface area (Å²) in [6, 6.07) is 15.9. The van der Waals surface area contributed by atoms with E-state index in [1.54, 1.807) is 0 Å². The molecule has 6 heteroatoms. The van der Waals surface area contributed by atoms with Crippen LogP contribution in [0.5, 0.6) is 0 Å². The van der Waals surface area contributed by atoms with E-state index in [0.29, 0.717) is 30.3 Å². The Morgan fingerprint density at radius 1 is 1.10 bits per heavy atom. The summed E-state index contributed by atoms with van der Waals surface area (Å²) < 4.78 is 5.89. The molecular formula is C23H29ClN3O2+. The summed E-state index contributed by atoms with van der Waals surface area (Å²) in [5, 5.41) is 0.523. The molecule has 2 fully saturated rings. The Hall–Kier alpha value is -2.08. The highest BCUT2D eigenvalue weighted by molar-refractivity contribution is 6.34. The number of carbonyl (C=O) groups excluding carboxylic acids is 1. The molecule has 1 amide bonds. The van der Waals surface area contributed by atoms with Crippen molar-refractivity contribution in [3.05, 3.63) is 64.7 Å². The van der Waals surface area contributed by atoms with Gasteiger partial charge in [0.25, 0.3) is 5.91 Å². The van der Waals surface area contributed by atoms with E-state index in [1.807, 2.05) is 53.4 Å². The minimum atomic E-state index is -0.0960. The number of amides is 1. The molecule has 0 aromatic heterocycles. The molecule has 0 spiro atoms. The third kappa shape index (κ3) is 4.58. The smallest absolute Gasteiger partial charge is 0.255 e. The van der Waals surface area contributed by atoms with Crippen molar-refractivity contribution in [3.8, 4) is 0 Å². The van der Waals surface area contributed by atoms with Crippen molar-refractivity contribution in [1.82, 2.24) is 4.90 Å². The first-order valence-electron chi connectivity index (χ1n) is 10.4. The van der Waals surface area contributed by atoms with Crippen molar-refractivity contribution in [2.75, 3.05) is 44.2 Å². The molecular weight excluding hydrogens is 386 g/mol. The summed E-state index contributed by atoms with van der Waals surface area (Å²) in [5.41, 5.74) is 6.79. The van der Waals surface area contributed by atoms with Gasteiger partial charge in [0.05, 0.1) is 30.3 Å². The lowest BCUT2D eigenvalue weighted by Crippen LogP contribution is -2.55. The number of hydrogen-bond donors (Lipinski definition) is 1. The van der Waals surface area contributed by atoms with Gasteiger partial charge in [-0.2, -0.15) is 0 Å². The second-order valence-corrected chi connectivity index (χ2v) is 8.31. The highest BCUT2D eigenvalue weighted by Gasteiger charge is 2.27. The molecule has 1 atom stereocenters. The van der Waals surface area contributed by atoms with Gasteiger partial charge in [-0.15, -0.1) is 0 Å². The number of morpholine rings is 1. The molecule has 2 aromatic carbocycles. The third-order valence-electron chi connectivity index (χ3n) is 6.10. The fourth-order valence-corrected chi connectivity index (χ4v) is 4.48. The minimum Gasteiger partial charge on any atom is -0.371 e. The van der Waals surface area contributed by atoms with E-state index in [1.165, 1.54) is 0 Å². The molecule has 2 heterocycles. The van der Waals surface area contributed by atoms with E-state index in [0.717, 1.165) is 49.6 Å². The number of anilines is 1. The lowest BCUT2D eigenvalue weighted by Gasteiger charge is -2.34. The van der Waals surface area contributed by atoms with Gasteiger partial charge < -0.3 is 20.3 Å². The largest absolute Gasteiger partial charge is 0.371 e. The Morgan fingerprint density at radius 3 is 2.55 bits per heavy atom. The quantitative estimate of drug-likeness (QED) is 0.836. The molecule has 2 aliphatic heterocycles. The number of rotatable bonds is 4. The molecule has 0 saturated carbocycles. The van der Waals surface area contributed by atoms with E-state index in [4.69, 9.17) is 16.3 Å². The van der Waals surface area contributed by atoms with Crippen molar-refractivity contribution < 1.29 is 15.3 Å². The fraction of sp³-hybridized carbons (Fsp3) is 0.435. The number of quaternary nitrogens is 1. The Labute approximate surface area is 177 Å². The number of halogens is 1. The summed E-state index contributed by atoms with van der Waals surface area (Å²) >= 11 is 6.56. The maximum atomic E-state index is 13.1. The molecule has 5 nitrogen and oxygen atoms in total. The zero-order chi connectivity index (χ0) is 20.2. The van der Waals surface area contributed by atoms with Crippen LogP contribution in [0, 0.1) is 5.92 Å². The zero-order valence-electron chi connectivity index (χ0n) is 16.7. The van der Waals surface area contributed by atoms with E-state index >= 15 is 0 Å². The highest BCUT2D eigenvalue weighted by atomic mass is 35.5. The van der Waals surface area contributed by atoms with Crippen LogP contribution in [0.2, 0.25) is 5.02 Å². The molecule has 2 aromatic rings. The maximum absolute atomic E-state index is 13.1. The molecule has 2 saturated heterocycles. The monoisotopic (exact) mass is 414 g/mol. The molecule has 0 aliphatic carbocycles. The predicted octanol–water partition coefficient (Wildman–Crippen LogP) is 3.01. The molecule has 29 heavy (non-hydrogen) atoms. The van der Waals surface area contributed by atoms with E-state index < -0.39 is 0 Å². The van der Waals surface area contributed by atoms with Crippen LogP contribution in [-0.4, -0.2) is 50.1 Å². The van der Waals surface area contributed by atoms with Crippen LogP contribution < -0.4 is 10.6 Å². The lowest BCUT2D eigenvalue weighted by molar-refractivity contribution is -0.379. The van der Waals surface area contributed by atoms with Crippen molar-refractivity contribution in [3.63, 3.8) is 0 Å². The van der Waals surface area contributed by atoms with Crippen molar-refractivity contribution in [2.24, 2.45) is 5.92 Å². The molecule has 0 radical (unpaired) electrons. The summed E-state index contributed by atoms with van der Waals surface area (Å²) in [4.78, 5) is 17.3. The van der Waals surface area contributed by atoms with Crippen molar-refractivity contribution >= 4 is 23.2 Å². The number of nitrogens with zero attached hydrogens (tertiary/aromatic N) is 2. The topological polar surface area (TPSA) is 60.4 Å². The lowest BCUT2D eigenvalue weighted by atomic mass is 9.96. The Balaban J connectivity index is 1.44. The van der Waals surface area contributed by atoms with Gasteiger partial charge in [-0.05, 0) is 36.6 Å². The van der Waals surface area contributed by atoms with Crippen LogP contribution in [0.25, 0.3) is 0 Å². The molecule has 3 N–H and O–H groups in total. The van der Waals surface area contributed by atoms with E-state index in [-0.39, 0.29) is 12.0 Å². The second-order valence-electron chi connectivity index (χ2n) is 7.90. The maximum Gasteiger partial charge on any atom is 0.255 e. The van der Waals surface area contributed by atoms with Crippen LogP contribution in [0.1, 0.15) is 34.9 Å². The van der Waals surface area contributed by atoms with Gasteiger partial charge in [-0.25, -0.2) is 0 Å². The molecule has 2 aliphatic rings. The number of hydrogen-bond acceptors (Lipinski definition) is 3. The number of piperidine rings is 1. The summed E-state index contributed by atoms with van der Waals surface area (Å²) in [6.45, 7) is 4.70. The molecule has 4 rings (SSSR count). The average Bonchev–Trinajstić information content (AvgIpc) is 2.79. The van der Waals surface area contributed by atoms with Gasteiger partial charge in [-0.1, -0.05) is 41.9 Å². The summed E-state index contributed by atoms with van der Waals surface area (Å²) in [5.74, 6) is 0.697. The van der Waals surface area contributed by atoms with Crippen LogP contribution in [-0.2, 0) is 4.74 Å². The van der Waals surface area contributed by atoms with Gasteiger partial charge in [-0.3, -0.25) is 4.79 Å². The van der Waals surface area contributed by atoms with E-state index in [2.05, 4.69) is 10.6 Å². The van der Waals surface area contributed by atoms with Gasteiger partial charge >= 0.3 is 0 Å². The Kier molecular flexibility index (Phi) is 6.38. The number of ether oxygens (including phenoxy) is 1. The van der Waals surface area contributed by atoms with Gasteiger partial charge in [0, 0.05) is 31.2 Å². The predicted molar refractivity (Wildman–Crippen MR) is 115 cm³/mol. The fourth-order valence-electron chi connectivity index (χ4n) is 4.23. The van der Waals surface area contributed by atoms with Crippen LogP contribution in [0.15, 0.2) is 48.5 Å². The number of carbonyl (C=O) groups is 1. The normalized spacial score (nSPS) is 20.7. The zero-order valence-corrected chi connectivity index (χ0v) is 17.5. The highest BCUT2D eigenvalue weighted by Crippen LogP contribution is 2.29. The molecule has 1 unspecified atom stereocenters. The van der Waals surface area contributed by atoms with Crippen molar-refractivity contribution in [2.45, 2.75) is 18.9 Å². The third-order valence-corrected chi connectivity index (χ3v) is 6.41. The summed E-state index contributed by atoms with van der Waals surface area (Å²) in [7, 11) is 0. The first kappa shape index (κ1) is 20.2. The average molecular weight is 415 g/mol. The Bertz CT molecular complexity index is 837. The molecule has 0 bridgehead atoms. The first-order chi connectivity index (χ1) is 14.2. The van der Waals surface area contributed by atoms with Crippen molar-refractivity contribution in [1.29, 1.82) is 0 Å². The van der Waals surface area contributed by atoms with E-state index in [9.17, 15) is 4.79 Å². The van der Waals surface area contributed by atoms with Crippen LogP contribution in [0.3, 0.4) is 0 Å². The molecule has 154 valence electrons. The van der Waals surface area contributed by atoms with Crippen LogP contribution >= 0.6 is 11.6 Å². The second kappa shape index (κ2) is 9.16. The van der Waals surface area contributed by atoms with Gasteiger partial charge in [0.15, 0.2) is 0 Å². The van der Waals surface area contributed by atoms with Crippen LogP contribution in [0.4, 0.5) is 5.69 Å². The summed E-state index contributed by atoms with van der Waals surface area (Å²) in [6.07, 6.45) is 2.23. The SMILES string of the molecule is [NH3+]CC1CCN(c2ccc(C(=O)N3CCOC(c4ccccc4)C3)c(Cl)c2)CC1. The standard InChI is InChI=1S/C23H28ClN3O2/c24-21-14-19(26-10-8-17(15-25)9-11-26)6-7-20(21)23(28)27-12-13-29-22(16-27)18-4-2-1-3-5-18/h1-7,14,17,22H,8-13,15-16,25H2/p+1. The minimum absolute atomic E-state index is 0.0263. The van der Waals surface area contributed by atoms with Gasteiger partial charge in [0.2, 0.25) is 0 Å². The number of benzene rings is 2. The Morgan fingerprint density at radius 2 is 1.86 bits per heavy atom. The first-order valence-corrected chi connectivity index (χ1v) is 10.8. The van der Waals surface area contributed by atoms with Gasteiger partial charge in [0.1, 0.15) is 6.10 Å².